The molecular formula is C17H9Cl3N4O2. The Morgan fingerprint density at radius 2 is 1.69 bits per heavy atom. The van der Waals surface area contributed by atoms with Crippen molar-refractivity contribution in [1.82, 2.24) is 14.8 Å². The number of hydrogen-bond acceptors (Lipinski definition) is 4. The van der Waals surface area contributed by atoms with Crippen LogP contribution >= 0.6 is 34.8 Å². The molecule has 2 aromatic carbocycles. The zero-order valence-electron chi connectivity index (χ0n) is 12.9. The van der Waals surface area contributed by atoms with E-state index in [1.165, 1.54) is 12.1 Å². The molecular weight excluding hydrogens is 399 g/mol. The van der Waals surface area contributed by atoms with Gasteiger partial charge in [-0.2, -0.15) is 15.0 Å². The number of nitrogens with one attached hydrogen (secondary N) is 1. The summed E-state index contributed by atoms with van der Waals surface area (Å²) in [5.41, 5.74) is -0.00998. The number of nitrogens with zero attached hydrogens (tertiary/aromatic N) is 3. The monoisotopic (exact) mass is 406 g/mol. The smallest absolute Gasteiger partial charge is 0.271 e. The number of benzene rings is 2. The first-order chi connectivity index (χ1) is 12.4. The second kappa shape index (κ2) is 7.34. The maximum atomic E-state index is 11.9. The Morgan fingerprint density at radius 1 is 1.08 bits per heavy atom. The Bertz CT molecular complexity index is 1110. The highest BCUT2D eigenvalue weighted by molar-refractivity contribution is 6.36. The van der Waals surface area contributed by atoms with E-state index in [0.717, 1.165) is 10.9 Å². The molecule has 3 rings (SSSR count). The van der Waals surface area contributed by atoms with Crippen molar-refractivity contribution in [2.24, 2.45) is 0 Å². The number of aromatic nitrogens is 3. The maximum absolute atomic E-state index is 11.9. The minimum atomic E-state index is -0.730. The van der Waals surface area contributed by atoms with Crippen molar-refractivity contribution in [2.75, 3.05) is 0 Å². The molecule has 0 spiro atoms. The van der Waals surface area contributed by atoms with Gasteiger partial charge in [0.15, 0.2) is 0 Å². The maximum Gasteiger partial charge on any atom is 0.349 e. The Kier molecular flexibility index (Phi) is 5.14. The molecule has 0 aliphatic rings. The predicted molar refractivity (Wildman–Crippen MR) is 99.4 cm³/mol. The lowest BCUT2D eigenvalue weighted by molar-refractivity contribution is 0.749. The second-order valence-electron chi connectivity index (χ2n) is 5.29. The lowest BCUT2D eigenvalue weighted by Crippen LogP contribution is -2.30. The van der Waals surface area contributed by atoms with E-state index in [-0.39, 0.29) is 15.7 Å². The van der Waals surface area contributed by atoms with E-state index >= 15 is 0 Å². The molecule has 0 bridgehead atoms. The van der Waals surface area contributed by atoms with Gasteiger partial charge in [-0.05, 0) is 29.8 Å². The van der Waals surface area contributed by atoms with Gasteiger partial charge in [0.1, 0.15) is 6.20 Å². The fourth-order valence-corrected chi connectivity index (χ4v) is 3.29. The molecule has 0 saturated heterocycles. The van der Waals surface area contributed by atoms with Crippen molar-refractivity contribution in [1.29, 1.82) is 5.26 Å². The number of H-pyrrole nitrogens is 1. The SMILES string of the molecule is N#C[C@H](c1ccc(Cl)cc1)c1c(Cl)cc(-n2ncc(=O)[nH]c2=O)cc1Cl. The molecule has 1 N–H and O–H groups in total. The molecule has 0 aliphatic carbocycles. The minimum absolute atomic E-state index is 0.189. The van der Waals surface area contributed by atoms with Gasteiger partial charge in [-0.1, -0.05) is 46.9 Å². The minimum Gasteiger partial charge on any atom is -0.271 e. The molecule has 0 amide bonds. The van der Waals surface area contributed by atoms with Crippen LogP contribution in [0.4, 0.5) is 0 Å². The van der Waals surface area contributed by atoms with Crippen molar-refractivity contribution < 1.29 is 0 Å². The summed E-state index contributed by atoms with van der Waals surface area (Å²) in [7, 11) is 0. The fraction of sp³-hybridized carbons (Fsp3) is 0.0588. The van der Waals surface area contributed by atoms with Crippen LogP contribution in [-0.4, -0.2) is 14.8 Å². The summed E-state index contributed by atoms with van der Waals surface area (Å²) >= 11 is 18.6. The van der Waals surface area contributed by atoms with Gasteiger partial charge in [0, 0.05) is 20.6 Å². The summed E-state index contributed by atoms with van der Waals surface area (Å²) in [6.45, 7) is 0. The van der Waals surface area contributed by atoms with Crippen LogP contribution in [0.1, 0.15) is 17.0 Å². The molecule has 0 aliphatic heterocycles. The highest BCUT2D eigenvalue weighted by atomic mass is 35.5. The van der Waals surface area contributed by atoms with Gasteiger partial charge in [0.25, 0.3) is 5.56 Å². The van der Waals surface area contributed by atoms with E-state index in [4.69, 9.17) is 34.8 Å². The molecule has 6 nitrogen and oxygen atoms in total. The van der Waals surface area contributed by atoms with Crippen LogP contribution in [-0.2, 0) is 0 Å². The van der Waals surface area contributed by atoms with Crippen molar-refractivity contribution in [3.05, 3.63) is 89.6 Å². The van der Waals surface area contributed by atoms with Crippen molar-refractivity contribution >= 4 is 34.8 Å². The van der Waals surface area contributed by atoms with Gasteiger partial charge in [-0.3, -0.25) is 9.78 Å². The van der Waals surface area contributed by atoms with Gasteiger partial charge < -0.3 is 0 Å². The van der Waals surface area contributed by atoms with E-state index in [2.05, 4.69) is 16.2 Å². The van der Waals surface area contributed by atoms with Crippen molar-refractivity contribution in [3.63, 3.8) is 0 Å². The highest BCUT2D eigenvalue weighted by Crippen LogP contribution is 2.37. The lowest BCUT2D eigenvalue weighted by atomic mass is 9.92. The van der Waals surface area contributed by atoms with Gasteiger partial charge in [0.05, 0.1) is 17.7 Å². The van der Waals surface area contributed by atoms with Gasteiger partial charge in [0.2, 0.25) is 0 Å². The Balaban J connectivity index is 2.12. The molecule has 0 fully saturated rings. The van der Waals surface area contributed by atoms with Crippen LogP contribution in [0.25, 0.3) is 5.69 Å². The quantitative estimate of drug-likeness (QED) is 0.719. The topological polar surface area (TPSA) is 91.5 Å². The standard InChI is InChI=1S/C17H9Cl3N4O2/c18-10-3-1-9(2-4-10)12(7-21)16-13(19)5-11(6-14(16)20)24-17(26)23-15(25)8-22-24/h1-6,8,12H,(H,23,25,26)/t12-/m1/s1. The third-order valence-corrected chi connectivity index (χ3v) is 4.52. The largest absolute Gasteiger partial charge is 0.349 e. The second-order valence-corrected chi connectivity index (χ2v) is 6.54. The zero-order chi connectivity index (χ0) is 18.8. The predicted octanol–water partition coefficient (Wildman–Crippen LogP) is 3.54. The van der Waals surface area contributed by atoms with Crippen LogP contribution in [0.3, 0.4) is 0 Å². The van der Waals surface area contributed by atoms with Gasteiger partial charge in [-0.25, -0.2) is 4.79 Å². The Labute approximate surface area is 162 Å². The summed E-state index contributed by atoms with van der Waals surface area (Å²) < 4.78 is 0.951. The molecule has 0 saturated carbocycles. The zero-order valence-corrected chi connectivity index (χ0v) is 15.2. The summed E-state index contributed by atoms with van der Waals surface area (Å²) in [6, 6.07) is 11.8. The lowest BCUT2D eigenvalue weighted by Gasteiger charge is -2.15. The molecule has 0 radical (unpaired) electrons. The van der Waals surface area contributed by atoms with E-state index in [1.807, 2.05) is 0 Å². The van der Waals surface area contributed by atoms with Gasteiger partial charge in [-0.15, -0.1) is 0 Å². The third-order valence-electron chi connectivity index (χ3n) is 3.64. The normalized spacial score (nSPS) is 11.8. The molecule has 130 valence electrons. The summed E-state index contributed by atoms with van der Waals surface area (Å²) in [5.74, 6) is -0.721. The molecule has 9 heteroatoms. The molecule has 1 atom stereocenters. The van der Waals surface area contributed by atoms with E-state index in [9.17, 15) is 14.9 Å². The van der Waals surface area contributed by atoms with Crippen LogP contribution in [0.15, 0.2) is 52.2 Å². The van der Waals surface area contributed by atoms with Crippen molar-refractivity contribution in [3.8, 4) is 11.8 Å². The van der Waals surface area contributed by atoms with Crippen molar-refractivity contribution in [2.45, 2.75) is 5.92 Å². The molecule has 1 heterocycles. The van der Waals surface area contributed by atoms with E-state index in [0.29, 0.717) is 16.1 Å². The number of aromatic amines is 1. The van der Waals surface area contributed by atoms with E-state index in [1.54, 1.807) is 24.3 Å². The van der Waals surface area contributed by atoms with Crippen LogP contribution in [0.5, 0.6) is 0 Å². The summed E-state index contributed by atoms with van der Waals surface area (Å²) in [4.78, 5) is 25.1. The first-order valence-electron chi connectivity index (χ1n) is 7.23. The number of rotatable bonds is 3. The van der Waals surface area contributed by atoms with Crippen LogP contribution in [0.2, 0.25) is 15.1 Å². The van der Waals surface area contributed by atoms with Crippen LogP contribution in [0, 0.1) is 11.3 Å². The van der Waals surface area contributed by atoms with Gasteiger partial charge >= 0.3 is 5.69 Å². The molecule has 1 aromatic heterocycles. The Hall–Kier alpha value is -2.59. The van der Waals surface area contributed by atoms with Crippen LogP contribution < -0.4 is 11.2 Å². The third kappa shape index (κ3) is 3.51. The summed E-state index contributed by atoms with van der Waals surface area (Å²) in [5, 5.41) is 14.3. The fourth-order valence-electron chi connectivity index (χ4n) is 2.47. The highest BCUT2D eigenvalue weighted by Gasteiger charge is 2.21. The summed E-state index contributed by atoms with van der Waals surface area (Å²) in [6.07, 6.45) is 0.961. The first kappa shape index (κ1) is 18.2. The number of nitriles is 1. The average Bonchev–Trinajstić information content (AvgIpc) is 2.59. The van der Waals surface area contributed by atoms with E-state index < -0.39 is 17.2 Å². The number of halogens is 3. The molecule has 26 heavy (non-hydrogen) atoms. The molecule has 3 aromatic rings. The first-order valence-corrected chi connectivity index (χ1v) is 8.37. The average molecular weight is 408 g/mol. The Morgan fingerprint density at radius 3 is 2.23 bits per heavy atom. The molecule has 0 unspecified atom stereocenters. The number of hydrogen-bond donors (Lipinski definition) is 1.